The SMILES string of the molecule is COc1cccc(/C=N\NC(=O)Cn2nc([N+](=O)[O-])cc2C)c1OCc1ccc(Br)cc1. The average molecular weight is 502 g/mol. The summed E-state index contributed by atoms with van der Waals surface area (Å²) in [4.78, 5) is 22.4. The van der Waals surface area contributed by atoms with Gasteiger partial charge in [0.15, 0.2) is 11.5 Å². The number of carbonyl (C=O) groups is 1. The normalized spacial score (nSPS) is 10.8. The molecule has 0 radical (unpaired) electrons. The number of rotatable bonds is 9. The van der Waals surface area contributed by atoms with Crippen LogP contribution in [0.3, 0.4) is 0 Å². The van der Waals surface area contributed by atoms with E-state index in [1.807, 2.05) is 24.3 Å². The van der Waals surface area contributed by atoms with E-state index in [4.69, 9.17) is 9.47 Å². The molecular formula is C21H20BrN5O5. The molecule has 3 aromatic rings. The second-order valence-electron chi connectivity index (χ2n) is 6.65. The number of amides is 1. The number of hydrogen-bond donors (Lipinski definition) is 1. The van der Waals surface area contributed by atoms with E-state index in [0.717, 1.165) is 10.0 Å². The number of nitrogens with zero attached hydrogens (tertiary/aromatic N) is 4. The zero-order chi connectivity index (χ0) is 23.1. The predicted octanol–water partition coefficient (Wildman–Crippen LogP) is 3.60. The lowest BCUT2D eigenvalue weighted by Crippen LogP contribution is -2.24. The minimum atomic E-state index is -0.613. The number of benzene rings is 2. The first-order chi connectivity index (χ1) is 15.4. The highest BCUT2D eigenvalue weighted by atomic mass is 79.9. The van der Waals surface area contributed by atoms with Gasteiger partial charge in [-0.3, -0.25) is 4.79 Å². The van der Waals surface area contributed by atoms with Gasteiger partial charge in [-0.2, -0.15) is 9.78 Å². The van der Waals surface area contributed by atoms with Crippen molar-refractivity contribution < 1.29 is 19.2 Å². The second-order valence-corrected chi connectivity index (χ2v) is 7.56. The summed E-state index contributed by atoms with van der Waals surface area (Å²) in [6, 6.07) is 14.3. The van der Waals surface area contributed by atoms with Crippen molar-refractivity contribution in [1.82, 2.24) is 15.2 Å². The van der Waals surface area contributed by atoms with Crippen LogP contribution in [0.15, 0.2) is 58.1 Å². The van der Waals surface area contributed by atoms with Gasteiger partial charge >= 0.3 is 5.82 Å². The lowest BCUT2D eigenvalue weighted by molar-refractivity contribution is -0.389. The number of hydrogen-bond acceptors (Lipinski definition) is 7. The summed E-state index contributed by atoms with van der Waals surface area (Å²) in [6.07, 6.45) is 1.44. The van der Waals surface area contributed by atoms with Crippen LogP contribution in [0, 0.1) is 17.0 Å². The van der Waals surface area contributed by atoms with Crippen LogP contribution in [0.25, 0.3) is 0 Å². The Hall–Kier alpha value is -3.73. The number of methoxy groups -OCH3 is 1. The molecule has 0 spiro atoms. The summed E-state index contributed by atoms with van der Waals surface area (Å²) in [7, 11) is 1.54. The number of nitrogens with one attached hydrogen (secondary N) is 1. The van der Waals surface area contributed by atoms with Crippen molar-refractivity contribution in [3.8, 4) is 11.5 Å². The summed E-state index contributed by atoms with van der Waals surface area (Å²) in [6.45, 7) is 1.74. The predicted molar refractivity (Wildman–Crippen MR) is 121 cm³/mol. The van der Waals surface area contributed by atoms with Crippen LogP contribution < -0.4 is 14.9 Å². The second kappa shape index (κ2) is 10.5. The molecule has 166 valence electrons. The van der Waals surface area contributed by atoms with Gasteiger partial charge in [-0.05, 0) is 41.7 Å². The van der Waals surface area contributed by atoms with Crippen LogP contribution in [-0.2, 0) is 17.9 Å². The average Bonchev–Trinajstić information content (AvgIpc) is 3.14. The fraction of sp³-hybridized carbons (Fsp3) is 0.190. The third-order valence-corrected chi connectivity index (χ3v) is 4.90. The Morgan fingerprint density at radius 3 is 2.72 bits per heavy atom. The quantitative estimate of drug-likeness (QED) is 0.271. The largest absolute Gasteiger partial charge is 0.493 e. The van der Waals surface area contributed by atoms with Gasteiger partial charge in [0.25, 0.3) is 5.91 Å². The van der Waals surface area contributed by atoms with Crippen LogP contribution in [-0.4, -0.2) is 33.9 Å². The van der Waals surface area contributed by atoms with E-state index in [0.29, 0.717) is 29.4 Å². The van der Waals surface area contributed by atoms with Crippen molar-refractivity contribution in [2.75, 3.05) is 7.11 Å². The van der Waals surface area contributed by atoms with Crippen molar-refractivity contribution >= 4 is 33.9 Å². The Bertz CT molecular complexity index is 1140. The van der Waals surface area contributed by atoms with Gasteiger partial charge in [-0.25, -0.2) is 5.43 Å². The zero-order valence-corrected chi connectivity index (χ0v) is 18.9. The Balaban J connectivity index is 1.67. The Morgan fingerprint density at radius 1 is 1.31 bits per heavy atom. The lowest BCUT2D eigenvalue weighted by atomic mass is 10.2. The molecule has 1 N–H and O–H groups in total. The van der Waals surface area contributed by atoms with Gasteiger partial charge in [-0.1, -0.05) is 34.1 Å². The number of aromatic nitrogens is 2. The van der Waals surface area contributed by atoms with E-state index in [1.165, 1.54) is 24.1 Å². The molecule has 0 atom stereocenters. The molecule has 0 saturated carbocycles. The third kappa shape index (κ3) is 5.91. The number of nitro groups is 1. The van der Waals surface area contributed by atoms with Crippen molar-refractivity contribution in [3.63, 3.8) is 0 Å². The minimum absolute atomic E-state index is 0.206. The van der Waals surface area contributed by atoms with E-state index in [1.54, 1.807) is 25.1 Å². The molecule has 0 fully saturated rings. The molecule has 32 heavy (non-hydrogen) atoms. The Kier molecular flexibility index (Phi) is 7.55. The third-order valence-electron chi connectivity index (χ3n) is 4.37. The number of para-hydroxylation sites is 1. The Labute approximate surface area is 192 Å². The fourth-order valence-corrected chi connectivity index (χ4v) is 3.04. The van der Waals surface area contributed by atoms with Crippen molar-refractivity contribution in [3.05, 3.63) is 79.9 Å². The first kappa shape index (κ1) is 22.9. The standard InChI is InChI=1S/C21H20BrN5O5/c1-14-10-19(27(29)30)25-26(14)12-20(28)24-23-11-16-4-3-5-18(31-2)21(16)32-13-15-6-8-17(22)9-7-15/h3-11H,12-13H2,1-2H3,(H,24,28)/b23-11-. The van der Waals surface area contributed by atoms with E-state index in [9.17, 15) is 14.9 Å². The molecule has 0 aliphatic rings. The highest BCUT2D eigenvalue weighted by Gasteiger charge is 2.17. The van der Waals surface area contributed by atoms with Crippen molar-refractivity contribution in [2.45, 2.75) is 20.1 Å². The molecule has 0 bridgehead atoms. The zero-order valence-electron chi connectivity index (χ0n) is 17.3. The van der Waals surface area contributed by atoms with Gasteiger partial charge < -0.3 is 19.6 Å². The fourth-order valence-electron chi connectivity index (χ4n) is 2.77. The molecule has 2 aromatic carbocycles. The van der Waals surface area contributed by atoms with Crippen molar-refractivity contribution in [1.29, 1.82) is 0 Å². The molecule has 1 amide bonds. The van der Waals surface area contributed by atoms with E-state index < -0.39 is 10.8 Å². The van der Waals surface area contributed by atoms with Gasteiger partial charge in [0.2, 0.25) is 0 Å². The molecule has 10 nitrogen and oxygen atoms in total. The van der Waals surface area contributed by atoms with Gasteiger partial charge in [0.05, 0.1) is 30.2 Å². The first-order valence-electron chi connectivity index (χ1n) is 9.42. The molecule has 1 heterocycles. The van der Waals surface area contributed by atoms with Gasteiger partial charge in [0, 0.05) is 10.0 Å². The maximum atomic E-state index is 12.2. The number of aryl methyl sites for hydroxylation is 1. The molecule has 1 aromatic heterocycles. The maximum absolute atomic E-state index is 12.2. The summed E-state index contributed by atoms with van der Waals surface area (Å²) in [5.74, 6) is 0.205. The smallest absolute Gasteiger partial charge is 0.390 e. The van der Waals surface area contributed by atoms with Crippen LogP contribution in [0.4, 0.5) is 5.82 Å². The van der Waals surface area contributed by atoms with Crippen LogP contribution >= 0.6 is 15.9 Å². The minimum Gasteiger partial charge on any atom is -0.493 e. The molecule has 0 unspecified atom stereocenters. The molecule has 0 saturated heterocycles. The molecule has 11 heteroatoms. The number of hydrazone groups is 1. The lowest BCUT2D eigenvalue weighted by Gasteiger charge is -2.13. The highest BCUT2D eigenvalue weighted by Crippen LogP contribution is 2.31. The summed E-state index contributed by atoms with van der Waals surface area (Å²) >= 11 is 3.40. The monoisotopic (exact) mass is 501 g/mol. The van der Waals surface area contributed by atoms with Crippen molar-refractivity contribution in [2.24, 2.45) is 5.10 Å². The first-order valence-corrected chi connectivity index (χ1v) is 10.2. The van der Waals surface area contributed by atoms with Crippen LogP contribution in [0.5, 0.6) is 11.5 Å². The van der Waals surface area contributed by atoms with Gasteiger partial charge in [0.1, 0.15) is 13.2 Å². The van der Waals surface area contributed by atoms with Crippen LogP contribution in [0.1, 0.15) is 16.8 Å². The summed E-state index contributed by atoms with van der Waals surface area (Å²) in [5.41, 5.74) is 4.46. The van der Waals surface area contributed by atoms with E-state index >= 15 is 0 Å². The Morgan fingerprint density at radius 2 is 2.06 bits per heavy atom. The topological polar surface area (TPSA) is 121 Å². The summed E-state index contributed by atoms with van der Waals surface area (Å²) in [5, 5.41) is 18.6. The number of halogens is 1. The molecule has 3 rings (SSSR count). The molecule has 0 aliphatic heterocycles. The number of ether oxygens (including phenoxy) is 2. The molecule has 0 aliphatic carbocycles. The van der Waals surface area contributed by atoms with Crippen LogP contribution in [0.2, 0.25) is 0 Å². The van der Waals surface area contributed by atoms with E-state index in [-0.39, 0.29) is 12.4 Å². The van der Waals surface area contributed by atoms with E-state index in [2.05, 4.69) is 31.6 Å². The maximum Gasteiger partial charge on any atom is 0.390 e. The molecular weight excluding hydrogens is 482 g/mol. The van der Waals surface area contributed by atoms with Gasteiger partial charge in [-0.15, -0.1) is 0 Å². The highest BCUT2D eigenvalue weighted by molar-refractivity contribution is 9.10. The summed E-state index contributed by atoms with van der Waals surface area (Å²) < 4.78 is 13.6. The number of carbonyl (C=O) groups excluding carboxylic acids is 1.